The number of carbonyl (C=O) groups excluding carboxylic acids is 1. The molecule has 9 heteroatoms. The van der Waals surface area contributed by atoms with Gasteiger partial charge in [0.1, 0.15) is 17.3 Å². The van der Waals surface area contributed by atoms with Crippen molar-refractivity contribution >= 4 is 17.7 Å². The molecule has 4 aromatic rings. The average molecular weight is 493 g/mol. The van der Waals surface area contributed by atoms with Gasteiger partial charge in [-0.15, -0.1) is 10.2 Å². The van der Waals surface area contributed by atoms with Crippen LogP contribution in [0.1, 0.15) is 12.5 Å². The molecule has 180 valence electrons. The molecule has 0 atom stereocenters. The molecule has 0 aliphatic carbocycles. The molecule has 1 amide bonds. The Morgan fingerprint density at radius 1 is 1.03 bits per heavy atom. The first-order valence-corrected chi connectivity index (χ1v) is 12.0. The van der Waals surface area contributed by atoms with Crippen LogP contribution < -0.4 is 14.8 Å². The van der Waals surface area contributed by atoms with E-state index in [0.29, 0.717) is 28.9 Å². The van der Waals surface area contributed by atoms with Gasteiger partial charge in [0.25, 0.3) is 0 Å². The fraction of sp³-hybridized carbons (Fsp3) is 0.192. The SMILES string of the molecule is CCOc1ccc(-n2c(SCC(=O)NCc3ccccc3F)nnc2-c2cccc(OC)c2)cc1. The van der Waals surface area contributed by atoms with Gasteiger partial charge in [-0.3, -0.25) is 9.36 Å². The number of aromatic nitrogens is 3. The van der Waals surface area contributed by atoms with Crippen LogP contribution in [-0.2, 0) is 11.3 Å². The lowest BCUT2D eigenvalue weighted by molar-refractivity contribution is -0.118. The van der Waals surface area contributed by atoms with Gasteiger partial charge in [-0.25, -0.2) is 4.39 Å². The van der Waals surface area contributed by atoms with E-state index < -0.39 is 0 Å². The van der Waals surface area contributed by atoms with Gasteiger partial charge in [-0.2, -0.15) is 0 Å². The van der Waals surface area contributed by atoms with Crippen molar-refractivity contribution in [3.05, 3.63) is 84.2 Å². The standard InChI is InChI=1S/C26H25FN4O3S/c1-3-34-21-13-11-20(12-14-21)31-25(18-8-6-9-22(15-18)33-2)29-30-26(31)35-17-24(32)28-16-19-7-4-5-10-23(19)27/h4-15H,3,16-17H2,1-2H3,(H,28,32). The summed E-state index contributed by atoms with van der Waals surface area (Å²) >= 11 is 1.25. The van der Waals surface area contributed by atoms with E-state index in [9.17, 15) is 9.18 Å². The molecule has 0 saturated heterocycles. The Morgan fingerprint density at radius 3 is 2.57 bits per heavy atom. The lowest BCUT2D eigenvalue weighted by Crippen LogP contribution is -2.25. The van der Waals surface area contributed by atoms with Crippen molar-refractivity contribution in [3.63, 3.8) is 0 Å². The average Bonchev–Trinajstić information content (AvgIpc) is 3.31. The van der Waals surface area contributed by atoms with Crippen molar-refractivity contribution in [2.75, 3.05) is 19.5 Å². The largest absolute Gasteiger partial charge is 0.497 e. The predicted octanol–water partition coefficient (Wildman–Crippen LogP) is 4.89. The van der Waals surface area contributed by atoms with Gasteiger partial charge in [0.05, 0.1) is 19.5 Å². The van der Waals surface area contributed by atoms with Crippen LogP contribution in [0.5, 0.6) is 11.5 Å². The van der Waals surface area contributed by atoms with Crippen LogP contribution in [-0.4, -0.2) is 40.1 Å². The highest BCUT2D eigenvalue weighted by Gasteiger charge is 2.18. The highest BCUT2D eigenvalue weighted by atomic mass is 32.2. The monoisotopic (exact) mass is 492 g/mol. The van der Waals surface area contributed by atoms with Crippen LogP contribution in [0.3, 0.4) is 0 Å². The van der Waals surface area contributed by atoms with Crippen molar-refractivity contribution in [1.82, 2.24) is 20.1 Å². The lowest BCUT2D eigenvalue weighted by Gasteiger charge is -2.12. The number of benzene rings is 3. The van der Waals surface area contributed by atoms with E-state index in [-0.39, 0.29) is 24.0 Å². The van der Waals surface area contributed by atoms with Crippen LogP contribution >= 0.6 is 11.8 Å². The van der Waals surface area contributed by atoms with Crippen LogP contribution in [0, 0.1) is 5.82 Å². The zero-order valence-electron chi connectivity index (χ0n) is 19.4. The summed E-state index contributed by atoms with van der Waals surface area (Å²) in [5.41, 5.74) is 2.08. The van der Waals surface area contributed by atoms with E-state index in [1.165, 1.54) is 17.8 Å². The molecule has 0 aliphatic heterocycles. The van der Waals surface area contributed by atoms with Gasteiger partial charge in [-0.1, -0.05) is 42.1 Å². The maximum absolute atomic E-state index is 13.8. The number of hydrogen-bond acceptors (Lipinski definition) is 6. The van der Waals surface area contributed by atoms with E-state index in [0.717, 1.165) is 17.0 Å². The van der Waals surface area contributed by atoms with Gasteiger partial charge < -0.3 is 14.8 Å². The summed E-state index contributed by atoms with van der Waals surface area (Å²) in [6.07, 6.45) is 0. The third-order valence-corrected chi connectivity index (χ3v) is 6.06. The van der Waals surface area contributed by atoms with E-state index in [4.69, 9.17) is 9.47 Å². The second-order valence-corrected chi connectivity index (χ2v) is 8.40. The van der Waals surface area contributed by atoms with E-state index in [1.54, 1.807) is 25.3 Å². The first kappa shape index (κ1) is 24.3. The molecule has 7 nitrogen and oxygen atoms in total. The van der Waals surface area contributed by atoms with Gasteiger partial charge in [0, 0.05) is 23.4 Å². The Morgan fingerprint density at radius 2 is 1.83 bits per heavy atom. The fourth-order valence-electron chi connectivity index (χ4n) is 3.42. The molecular formula is C26H25FN4O3S. The normalized spacial score (nSPS) is 10.7. The number of carbonyl (C=O) groups is 1. The minimum absolute atomic E-state index is 0.0989. The van der Waals surface area contributed by atoms with E-state index >= 15 is 0 Å². The summed E-state index contributed by atoms with van der Waals surface area (Å²) in [7, 11) is 1.61. The number of ether oxygens (including phenoxy) is 2. The Labute approximate surface area is 207 Å². The van der Waals surface area contributed by atoms with Crippen molar-refractivity contribution in [2.45, 2.75) is 18.6 Å². The van der Waals surface area contributed by atoms with Gasteiger partial charge in [0.15, 0.2) is 11.0 Å². The van der Waals surface area contributed by atoms with Crippen LogP contribution in [0.4, 0.5) is 4.39 Å². The summed E-state index contributed by atoms with van der Waals surface area (Å²) in [6, 6.07) is 21.5. The highest BCUT2D eigenvalue weighted by molar-refractivity contribution is 7.99. The van der Waals surface area contributed by atoms with Gasteiger partial charge in [-0.05, 0) is 49.4 Å². The minimum atomic E-state index is -0.348. The van der Waals surface area contributed by atoms with E-state index in [2.05, 4.69) is 15.5 Å². The first-order chi connectivity index (χ1) is 17.1. The molecule has 1 aromatic heterocycles. The second-order valence-electron chi connectivity index (χ2n) is 7.46. The van der Waals surface area contributed by atoms with Crippen molar-refractivity contribution in [2.24, 2.45) is 0 Å². The maximum Gasteiger partial charge on any atom is 0.230 e. The number of amides is 1. The molecule has 35 heavy (non-hydrogen) atoms. The molecule has 0 saturated carbocycles. The Hall–Kier alpha value is -3.85. The number of nitrogens with one attached hydrogen (secondary N) is 1. The molecule has 4 rings (SSSR count). The molecule has 0 aliphatic rings. The smallest absolute Gasteiger partial charge is 0.230 e. The first-order valence-electron chi connectivity index (χ1n) is 11.0. The Kier molecular flexibility index (Phi) is 7.99. The summed E-state index contributed by atoms with van der Waals surface area (Å²) < 4.78 is 26.6. The lowest BCUT2D eigenvalue weighted by atomic mass is 10.2. The Balaban J connectivity index is 1.57. The Bertz CT molecular complexity index is 1290. The van der Waals surface area contributed by atoms with Crippen molar-refractivity contribution in [1.29, 1.82) is 0 Å². The number of thioether (sulfide) groups is 1. The fourth-order valence-corrected chi connectivity index (χ4v) is 4.20. The number of nitrogens with zero attached hydrogens (tertiary/aromatic N) is 3. The number of halogens is 1. The molecule has 0 radical (unpaired) electrons. The zero-order valence-corrected chi connectivity index (χ0v) is 20.2. The van der Waals surface area contributed by atoms with Crippen LogP contribution in [0.2, 0.25) is 0 Å². The van der Waals surface area contributed by atoms with Crippen molar-refractivity contribution in [3.8, 4) is 28.6 Å². The van der Waals surface area contributed by atoms with E-state index in [1.807, 2.05) is 60.0 Å². The third-order valence-electron chi connectivity index (χ3n) is 5.13. The molecule has 0 unspecified atom stereocenters. The topological polar surface area (TPSA) is 78.3 Å². The highest BCUT2D eigenvalue weighted by Crippen LogP contribution is 2.30. The molecule has 1 heterocycles. The summed E-state index contributed by atoms with van der Waals surface area (Å²) in [5.74, 6) is 1.59. The summed E-state index contributed by atoms with van der Waals surface area (Å²) in [6.45, 7) is 2.62. The number of rotatable bonds is 10. The molecular weight excluding hydrogens is 467 g/mol. The molecule has 3 aromatic carbocycles. The van der Waals surface area contributed by atoms with Gasteiger partial charge >= 0.3 is 0 Å². The number of methoxy groups -OCH3 is 1. The summed E-state index contributed by atoms with van der Waals surface area (Å²) in [4.78, 5) is 12.5. The molecule has 0 spiro atoms. The quantitative estimate of drug-likeness (QED) is 0.318. The molecule has 0 fully saturated rings. The molecule has 1 N–H and O–H groups in total. The second kappa shape index (κ2) is 11.5. The van der Waals surface area contributed by atoms with Crippen molar-refractivity contribution < 1.29 is 18.7 Å². The predicted molar refractivity (Wildman–Crippen MR) is 133 cm³/mol. The summed E-state index contributed by atoms with van der Waals surface area (Å²) in [5, 5.41) is 12.1. The van der Waals surface area contributed by atoms with Gasteiger partial charge in [0.2, 0.25) is 5.91 Å². The third kappa shape index (κ3) is 5.99. The maximum atomic E-state index is 13.8. The minimum Gasteiger partial charge on any atom is -0.497 e. The van der Waals surface area contributed by atoms with Crippen LogP contribution in [0.15, 0.2) is 78.0 Å². The molecule has 0 bridgehead atoms. The van der Waals surface area contributed by atoms with Crippen LogP contribution in [0.25, 0.3) is 17.1 Å². The zero-order chi connectivity index (χ0) is 24.6. The number of hydrogen-bond donors (Lipinski definition) is 1.